The lowest BCUT2D eigenvalue weighted by molar-refractivity contribution is -0.117. The largest absolute Gasteiger partial charge is 0.369 e. The highest BCUT2D eigenvalue weighted by molar-refractivity contribution is 8.00. The first-order valence-electron chi connectivity index (χ1n) is 7.11. The van der Waals surface area contributed by atoms with E-state index < -0.39 is 0 Å². The zero-order valence-electron chi connectivity index (χ0n) is 12.1. The maximum atomic E-state index is 11.9. The smallest absolute Gasteiger partial charge is 0.246 e. The molecule has 4 nitrogen and oxygen atoms in total. The van der Waals surface area contributed by atoms with E-state index in [4.69, 9.17) is 0 Å². The normalized spacial score (nSPS) is 29.2. The molecule has 0 bridgehead atoms. The molecule has 0 aromatic heterocycles. The number of hydrogen-bond acceptors (Lipinski definition) is 4. The predicted molar refractivity (Wildman–Crippen MR) is 85.6 cm³/mol. The van der Waals surface area contributed by atoms with Gasteiger partial charge in [0.15, 0.2) is 0 Å². The number of thioether (sulfide) groups is 1. The second-order valence-corrected chi connectivity index (χ2v) is 7.53. The van der Waals surface area contributed by atoms with Crippen LogP contribution in [0.1, 0.15) is 25.5 Å². The first-order chi connectivity index (χ1) is 9.58. The van der Waals surface area contributed by atoms with Crippen molar-refractivity contribution in [2.45, 2.75) is 30.4 Å². The Morgan fingerprint density at radius 3 is 2.65 bits per heavy atom. The molecular weight excluding hydrogens is 270 g/mol. The van der Waals surface area contributed by atoms with Crippen LogP contribution in [0, 0.1) is 0 Å². The zero-order chi connectivity index (χ0) is 14.3. The second kappa shape index (κ2) is 5.30. The van der Waals surface area contributed by atoms with Gasteiger partial charge in [0.05, 0.1) is 0 Å². The summed E-state index contributed by atoms with van der Waals surface area (Å²) in [5.41, 5.74) is 3.21. The van der Waals surface area contributed by atoms with Crippen molar-refractivity contribution in [2.75, 3.05) is 30.4 Å². The fourth-order valence-electron chi connectivity index (χ4n) is 3.12. The molecule has 20 heavy (non-hydrogen) atoms. The quantitative estimate of drug-likeness (QED) is 0.877. The molecule has 108 valence electrons. The molecule has 0 aliphatic carbocycles. The first-order valence-corrected chi connectivity index (χ1v) is 8.05. The molecule has 1 saturated heterocycles. The van der Waals surface area contributed by atoms with E-state index in [1.807, 2.05) is 18.8 Å². The highest BCUT2D eigenvalue weighted by atomic mass is 32.2. The Labute approximate surface area is 124 Å². The number of nitrogens with one attached hydrogen (secondary N) is 2. The number of benzene rings is 1. The number of carbonyl (C=O) groups is 1. The molecule has 0 spiro atoms. The van der Waals surface area contributed by atoms with E-state index in [0.717, 1.165) is 24.3 Å². The Hall–Kier alpha value is -1.20. The topological polar surface area (TPSA) is 44.4 Å². The predicted octanol–water partition coefficient (Wildman–Crippen LogP) is 2.23. The van der Waals surface area contributed by atoms with E-state index in [1.54, 1.807) is 0 Å². The summed E-state index contributed by atoms with van der Waals surface area (Å²) in [6.07, 6.45) is 0. The van der Waals surface area contributed by atoms with Gasteiger partial charge in [0.1, 0.15) is 6.04 Å². The molecule has 3 atom stereocenters. The van der Waals surface area contributed by atoms with Crippen LogP contribution in [0.25, 0.3) is 0 Å². The lowest BCUT2D eigenvalue weighted by Gasteiger charge is -2.36. The van der Waals surface area contributed by atoms with Crippen LogP contribution in [0.2, 0.25) is 0 Å². The van der Waals surface area contributed by atoms with E-state index in [1.165, 1.54) is 5.69 Å². The summed E-state index contributed by atoms with van der Waals surface area (Å²) in [5, 5.41) is 7.31. The monoisotopic (exact) mass is 291 g/mol. The standard InChI is InChI=1S/C15H21N3OS/c1-9-7-18(8-10(2)20-9)11-4-5-12-13(6-11)17-15(19)14(12)16-3/h4-6,9-10,14,16H,7-8H2,1-3H3,(H,17,19). The molecule has 3 unspecified atom stereocenters. The van der Waals surface area contributed by atoms with Crippen LogP contribution in [0.3, 0.4) is 0 Å². The number of hydrogen-bond donors (Lipinski definition) is 2. The van der Waals surface area contributed by atoms with Gasteiger partial charge in [0.2, 0.25) is 5.91 Å². The van der Waals surface area contributed by atoms with E-state index in [-0.39, 0.29) is 11.9 Å². The summed E-state index contributed by atoms with van der Waals surface area (Å²) in [7, 11) is 1.82. The van der Waals surface area contributed by atoms with Crippen LogP contribution in [0.5, 0.6) is 0 Å². The third-order valence-electron chi connectivity index (χ3n) is 3.94. The minimum absolute atomic E-state index is 0.0376. The first kappa shape index (κ1) is 13.8. The Bertz CT molecular complexity index is 524. The third kappa shape index (κ3) is 2.40. The van der Waals surface area contributed by atoms with E-state index in [0.29, 0.717) is 10.5 Å². The number of carbonyl (C=O) groups excluding carboxylic acids is 1. The minimum Gasteiger partial charge on any atom is -0.369 e. The van der Waals surface area contributed by atoms with Crippen molar-refractivity contribution in [3.8, 4) is 0 Å². The van der Waals surface area contributed by atoms with Crippen LogP contribution in [-0.4, -0.2) is 36.5 Å². The summed E-state index contributed by atoms with van der Waals surface area (Å²) in [6, 6.07) is 6.11. The number of likely N-dealkylation sites (N-methyl/N-ethyl adjacent to an activating group) is 1. The van der Waals surface area contributed by atoms with Gasteiger partial charge in [-0.05, 0) is 19.2 Å². The van der Waals surface area contributed by atoms with Crippen molar-refractivity contribution >= 4 is 29.0 Å². The van der Waals surface area contributed by atoms with E-state index in [2.05, 4.69) is 47.6 Å². The molecular formula is C15H21N3OS. The van der Waals surface area contributed by atoms with Crippen LogP contribution < -0.4 is 15.5 Å². The van der Waals surface area contributed by atoms with E-state index >= 15 is 0 Å². The van der Waals surface area contributed by atoms with Crippen molar-refractivity contribution in [1.29, 1.82) is 0 Å². The van der Waals surface area contributed by atoms with Crippen LogP contribution in [0.15, 0.2) is 18.2 Å². The highest BCUT2D eigenvalue weighted by Crippen LogP contribution is 2.35. The Balaban J connectivity index is 1.87. The molecule has 2 N–H and O–H groups in total. The molecule has 1 amide bonds. The molecule has 3 rings (SSSR count). The number of fused-ring (bicyclic) bond motifs is 1. The van der Waals surface area contributed by atoms with Gasteiger partial charge in [-0.3, -0.25) is 4.79 Å². The fourth-order valence-corrected chi connectivity index (χ4v) is 4.45. The maximum Gasteiger partial charge on any atom is 0.246 e. The molecule has 1 aromatic rings. The van der Waals surface area contributed by atoms with Crippen molar-refractivity contribution < 1.29 is 4.79 Å². The van der Waals surface area contributed by atoms with Crippen molar-refractivity contribution in [1.82, 2.24) is 5.32 Å². The van der Waals surface area contributed by atoms with Gasteiger partial charge >= 0.3 is 0 Å². The zero-order valence-corrected chi connectivity index (χ0v) is 13.0. The Morgan fingerprint density at radius 1 is 1.30 bits per heavy atom. The maximum absolute atomic E-state index is 11.9. The minimum atomic E-state index is -0.214. The summed E-state index contributed by atoms with van der Waals surface area (Å²) in [4.78, 5) is 14.3. The molecule has 1 fully saturated rings. The number of amides is 1. The number of nitrogens with zero attached hydrogens (tertiary/aromatic N) is 1. The van der Waals surface area contributed by atoms with Gasteiger partial charge in [-0.1, -0.05) is 19.9 Å². The van der Waals surface area contributed by atoms with Gasteiger partial charge in [0.25, 0.3) is 0 Å². The van der Waals surface area contributed by atoms with Crippen LogP contribution >= 0.6 is 11.8 Å². The average Bonchev–Trinajstić information content (AvgIpc) is 2.71. The van der Waals surface area contributed by atoms with Gasteiger partial charge in [-0.2, -0.15) is 11.8 Å². The van der Waals surface area contributed by atoms with E-state index in [9.17, 15) is 4.79 Å². The molecule has 2 heterocycles. The SMILES string of the molecule is CNC1C(=O)Nc2cc(N3CC(C)SC(C)C3)ccc21. The molecule has 1 aromatic carbocycles. The Kier molecular flexibility index (Phi) is 3.65. The van der Waals surface area contributed by atoms with Gasteiger partial charge in [-0.15, -0.1) is 0 Å². The summed E-state index contributed by atoms with van der Waals surface area (Å²) in [6.45, 7) is 6.69. The molecule has 2 aliphatic rings. The molecule has 2 aliphatic heterocycles. The highest BCUT2D eigenvalue weighted by Gasteiger charge is 2.30. The summed E-state index contributed by atoms with van der Waals surface area (Å²) >= 11 is 2.05. The van der Waals surface area contributed by atoms with Crippen molar-refractivity contribution in [2.24, 2.45) is 0 Å². The van der Waals surface area contributed by atoms with Crippen molar-refractivity contribution in [3.63, 3.8) is 0 Å². The van der Waals surface area contributed by atoms with Gasteiger partial charge < -0.3 is 15.5 Å². The molecule has 0 saturated carbocycles. The Morgan fingerprint density at radius 2 is 2.00 bits per heavy atom. The van der Waals surface area contributed by atoms with Gasteiger partial charge in [0, 0.05) is 40.5 Å². The fraction of sp³-hybridized carbons (Fsp3) is 0.533. The van der Waals surface area contributed by atoms with Crippen LogP contribution in [0.4, 0.5) is 11.4 Å². The molecule has 5 heteroatoms. The summed E-state index contributed by atoms with van der Waals surface area (Å²) in [5.74, 6) is 0.0376. The van der Waals surface area contributed by atoms with Gasteiger partial charge in [-0.25, -0.2) is 0 Å². The lowest BCUT2D eigenvalue weighted by atomic mass is 10.1. The van der Waals surface area contributed by atoms with Crippen molar-refractivity contribution in [3.05, 3.63) is 23.8 Å². The number of anilines is 2. The average molecular weight is 291 g/mol. The third-order valence-corrected chi connectivity index (χ3v) is 5.17. The lowest BCUT2D eigenvalue weighted by Crippen LogP contribution is -2.40. The molecule has 0 radical (unpaired) electrons. The van der Waals surface area contributed by atoms with Crippen LogP contribution in [-0.2, 0) is 4.79 Å². The number of rotatable bonds is 2. The summed E-state index contributed by atoms with van der Waals surface area (Å²) < 4.78 is 0. The second-order valence-electron chi connectivity index (χ2n) is 5.64.